The maximum absolute atomic E-state index is 12.5. The van der Waals surface area contributed by atoms with Crippen molar-refractivity contribution in [3.63, 3.8) is 0 Å². The Hall–Kier alpha value is -1.93. The third kappa shape index (κ3) is 6.28. The zero-order chi connectivity index (χ0) is 21.7. The highest BCUT2D eigenvalue weighted by atomic mass is 16.9. The molecule has 1 unspecified atom stereocenters. The standard InChI is InChI=1S/C22H36N4O4/c1-22(2,3)29-18(27)15-17(12-8-11-16-9-6-5-7-10-16)21-24-20(26(28)30-21)19-23-13-14-25(19)4/h13-14,16-17,20,28H,5-12,15H2,1-4H3/t17-,20?/m1/s1. The number of rotatable bonds is 8. The van der Waals surface area contributed by atoms with Crippen molar-refractivity contribution in [1.82, 2.24) is 14.8 Å². The second-order valence-electron chi connectivity index (χ2n) is 9.55. The van der Waals surface area contributed by atoms with Gasteiger partial charge in [-0.15, -0.1) is 0 Å². The van der Waals surface area contributed by atoms with Gasteiger partial charge in [0.2, 0.25) is 12.1 Å². The molecule has 0 aromatic carbocycles. The largest absolute Gasteiger partial charge is 0.460 e. The Kier molecular flexibility index (Phi) is 7.52. The van der Waals surface area contributed by atoms with Crippen LogP contribution in [0.5, 0.6) is 0 Å². The summed E-state index contributed by atoms with van der Waals surface area (Å²) in [5, 5.41) is 11.0. The molecule has 0 amide bonds. The zero-order valence-corrected chi connectivity index (χ0v) is 18.7. The number of hydrogen-bond acceptors (Lipinski definition) is 7. The number of ether oxygens (including phenoxy) is 1. The van der Waals surface area contributed by atoms with Crippen LogP contribution in [0.25, 0.3) is 0 Å². The van der Waals surface area contributed by atoms with Gasteiger partial charge in [-0.05, 0) is 33.1 Å². The molecule has 1 saturated carbocycles. The highest BCUT2D eigenvalue weighted by molar-refractivity contribution is 5.84. The van der Waals surface area contributed by atoms with Gasteiger partial charge in [-0.3, -0.25) is 10.0 Å². The van der Waals surface area contributed by atoms with Crippen molar-refractivity contribution in [3.8, 4) is 0 Å². The van der Waals surface area contributed by atoms with Crippen LogP contribution in [0.2, 0.25) is 0 Å². The molecule has 8 heteroatoms. The van der Waals surface area contributed by atoms with Gasteiger partial charge >= 0.3 is 5.97 Å². The van der Waals surface area contributed by atoms with E-state index in [1.54, 1.807) is 17.0 Å². The predicted molar refractivity (Wildman–Crippen MR) is 112 cm³/mol. The van der Waals surface area contributed by atoms with Crippen LogP contribution in [-0.4, -0.2) is 37.5 Å². The van der Waals surface area contributed by atoms with E-state index in [9.17, 15) is 10.0 Å². The fraction of sp³-hybridized carbons (Fsp3) is 0.773. The number of aliphatic imine (C=N–C) groups is 1. The van der Waals surface area contributed by atoms with Crippen LogP contribution in [0.3, 0.4) is 0 Å². The molecule has 2 heterocycles. The van der Waals surface area contributed by atoms with E-state index >= 15 is 0 Å². The summed E-state index contributed by atoms with van der Waals surface area (Å²) in [4.78, 5) is 26.9. The smallest absolute Gasteiger partial charge is 0.307 e. The molecule has 0 saturated heterocycles. The maximum atomic E-state index is 12.5. The van der Waals surface area contributed by atoms with E-state index in [1.165, 1.54) is 32.1 Å². The van der Waals surface area contributed by atoms with Crippen molar-refractivity contribution in [2.24, 2.45) is 23.9 Å². The third-order valence-corrected chi connectivity index (χ3v) is 5.81. The molecular formula is C22H36N4O4. The monoisotopic (exact) mass is 420 g/mol. The van der Waals surface area contributed by atoms with Gasteiger partial charge in [0.1, 0.15) is 5.60 Å². The molecule has 3 rings (SSSR count). The minimum Gasteiger partial charge on any atom is -0.460 e. The van der Waals surface area contributed by atoms with Gasteiger partial charge in [-0.25, -0.2) is 9.98 Å². The molecule has 1 aliphatic carbocycles. The van der Waals surface area contributed by atoms with Crippen LogP contribution in [0, 0.1) is 11.8 Å². The molecule has 0 bridgehead atoms. The molecule has 1 aromatic heterocycles. The highest BCUT2D eigenvalue weighted by Crippen LogP contribution is 2.32. The van der Waals surface area contributed by atoms with Crippen LogP contribution in [-0.2, 0) is 21.4 Å². The average Bonchev–Trinajstić information content (AvgIpc) is 3.25. The summed E-state index contributed by atoms with van der Waals surface area (Å²) < 4.78 is 7.31. The summed E-state index contributed by atoms with van der Waals surface area (Å²) in [7, 11) is 1.84. The summed E-state index contributed by atoms with van der Waals surface area (Å²) in [5.41, 5.74) is -0.541. The van der Waals surface area contributed by atoms with Gasteiger partial charge in [0.25, 0.3) is 0 Å². The molecule has 2 aliphatic rings. The van der Waals surface area contributed by atoms with E-state index < -0.39 is 11.8 Å². The molecule has 168 valence electrons. The van der Waals surface area contributed by atoms with Crippen LogP contribution in [0.4, 0.5) is 0 Å². The number of imidazole rings is 1. The lowest BCUT2D eigenvalue weighted by Crippen LogP contribution is -2.29. The summed E-state index contributed by atoms with van der Waals surface area (Å²) in [5.74, 6) is 1.22. The fourth-order valence-electron chi connectivity index (χ4n) is 4.33. The number of hydrogen-bond donors (Lipinski definition) is 1. The van der Waals surface area contributed by atoms with Crippen molar-refractivity contribution < 1.29 is 19.6 Å². The molecular weight excluding hydrogens is 384 g/mol. The SMILES string of the molecule is Cn1ccnc1C1N=C([C@H](CCCC2CCCCC2)CC(=O)OC(C)(C)C)ON1O. The Morgan fingerprint density at radius 1 is 1.33 bits per heavy atom. The Labute approximate surface area is 179 Å². The summed E-state index contributed by atoms with van der Waals surface area (Å²) in [6.07, 6.45) is 12.4. The Morgan fingerprint density at radius 2 is 2.07 bits per heavy atom. The quantitative estimate of drug-likeness (QED) is 0.621. The van der Waals surface area contributed by atoms with Crippen LogP contribution < -0.4 is 0 Å². The van der Waals surface area contributed by atoms with Gasteiger partial charge in [0.05, 0.1) is 6.42 Å². The van der Waals surface area contributed by atoms with Crippen molar-refractivity contribution >= 4 is 11.9 Å². The first kappa shape index (κ1) is 22.7. The number of nitrogens with zero attached hydrogens (tertiary/aromatic N) is 4. The van der Waals surface area contributed by atoms with Crippen LogP contribution >= 0.6 is 0 Å². The summed E-state index contributed by atoms with van der Waals surface area (Å²) in [6.45, 7) is 5.58. The first-order chi connectivity index (χ1) is 14.2. The number of aryl methyl sites for hydroxylation is 1. The Morgan fingerprint density at radius 3 is 2.70 bits per heavy atom. The molecule has 1 aliphatic heterocycles. The van der Waals surface area contributed by atoms with Gasteiger partial charge in [-0.1, -0.05) is 44.9 Å². The van der Waals surface area contributed by atoms with Gasteiger partial charge in [0, 0.05) is 30.6 Å². The Bertz CT molecular complexity index is 734. The van der Waals surface area contributed by atoms with E-state index in [0.717, 1.165) is 30.4 Å². The van der Waals surface area contributed by atoms with E-state index in [4.69, 9.17) is 9.57 Å². The minimum absolute atomic E-state index is 0.182. The topological polar surface area (TPSA) is 89.2 Å². The van der Waals surface area contributed by atoms with Crippen molar-refractivity contribution in [3.05, 3.63) is 18.2 Å². The number of aromatic nitrogens is 2. The van der Waals surface area contributed by atoms with Crippen molar-refractivity contribution in [1.29, 1.82) is 0 Å². The zero-order valence-electron chi connectivity index (χ0n) is 18.7. The molecule has 1 fully saturated rings. The second-order valence-corrected chi connectivity index (χ2v) is 9.55. The molecule has 8 nitrogen and oxygen atoms in total. The molecule has 2 atom stereocenters. The summed E-state index contributed by atoms with van der Waals surface area (Å²) in [6, 6.07) is 0. The second kappa shape index (κ2) is 9.92. The average molecular weight is 421 g/mol. The molecule has 0 radical (unpaired) electrons. The molecule has 1 aromatic rings. The number of esters is 1. The lowest BCUT2D eigenvalue weighted by molar-refractivity contribution is -0.307. The van der Waals surface area contributed by atoms with E-state index in [-0.39, 0.29) is 18.3 Å². The normalized spacial score (nSPS) is 21.9. The minimum atomic E-state index is -0.737. The van der Waals surface area contributed by atoms with E-state index in [0.29, 0.717) is 11.7 Å². The van der Waals surface area contributed by atoms with Gasteiger partial charge in [-0.2, -0.15) is 0 Å². The van der Waals surface area contributed by atoms with Crippen molar-refractivity contribution in [2.45, 2.75) is 90.3 Å². The van der Waals surface area contributed by atoms with Crippen LogP contribution in [0.15, 0.2) is 17.4 Å². The van der Waals surface area contributed by atoms with Gasteiger partial charge in [0.15, 0.2) is 5.82 Å². The third-order valence-electron chi connectivity index (χ3n) is 5.81. The lowest BCUT2D eigenvalue weighted by atomic mass is 9.84. The van der Waals surface area contributed by atoms with Crippen LogP contribution in [0.1, 0.15) is 90.5 Å². The Balaban J connectivity index is 1.67. The summed E-state index contributed by atoms with van der Waals surface area (Å²) >= 11 is 0. The maximum Gasteiger partial charge on any atom is 0.307 e. The van der Waals surface area contributed by atoms with Crippen molar-refractivity contribution in [2.75, 3.05) is 0 Å². The number of carbonyl (C=O) groups excluding carboxylic acids is 1. The molecule has 30 heavy (non-hydrogen) atoms. The van der Waals surface area contributed by atoms with E-state index in [2.05, 4.69) is 9.98 Å². The fourth-order valence-corrected chi connectivity index (χ4v) is 4.33. The first-order valence-corrected chi connectivity index (χ1v) is 11.2. The molecule has 1 N–H and O–H groups in total. The van der Waals surface area contributed by atoms with Gasteiger partial charge < -0.3 is 14.1 Å². The highest BCUT2D eigenvalue weighted by Gasteiger charge is 2.36. The lowest BCUT2D eigenvalue weighted by Gasteiger charge is -2.24. The predicted octanol–water partition coefficient (Wildman–Crippen LogP) is 4.55. The number of carbonyl (C=O) groups is 1. The first-order valence-electron chi connectivity index (χ1n) is 11.2. The molecule has 0 spiro atoms. The van der Waals surface area contributed by atoms with E-state index in [1.807, 2.05) is 27.8 Å². The number of hydroxylamine groups is 2.